The van der Waals surface area contributed by atoms with E-state index in [0.29, 0.717) is 18.9 Å². The van der Waals surface area contributed by atoms with Crippen molar-refractivity contribution >= 4 is 39.9 Å². The lowest BCUT2D eigenvalue weighted by Gasteiger charge is -2.30. The molecule has 7 heteroatoms. The highest BCUT2D eigenvalue weighted by molar-refractivity contribution is 6.28. The molecule has 178 valence electrons. The van der Waals surface area contributed by atoms with Crippen LogP contribution >= 0.6 is 11.6 Å². The number of fused-ring (bicyclic) bond motifs is 1. The number of rotatable bonds is 7. The zero-order valence-corrected chi connectivity index (χ0v) is 20.2. The number of para-hydroxylation sites is 1. The third-order valence-electron chi connectivity index (χ3n) is 6.42. The molecular formula is C28H28ClN5O. The summed E-state index contributed by atoms with van der Waals surface area (Å²) in [4.78, 5) is 24.1. The zero-order chi connectivity index (χ0) is 24.0. The van der Waals surface area contributed by atoms with Crippen molar-refractivity contribution in [3.8, 4) is 0 Å². The first-order valence-corrected chi connectivity index (χ1v) is 12.4. The molecule has 0 unspecified atom stereocenters. The van der Waals surface area contributed by atoms with Crippen molar-refractivity contribution in [2.24, 2.45) is 5.92 Å². The average molecular weight is 486 g/mol. The van der Waals surface area contributed by atoms with Crippen LogP contribution in [0.2, 0.25) is 5.28 Å². The van der Waals surface area contributed by atoms with E-state index in [1.54, 1.807) is 0 Å². The van der Waals surface area contributed by atoms with Crippen molar-refractivity contribution in [1.29, 1.82) is 0 Å². The molecule has 2 N–H and O–H groups in total. The van der Waals surface area contributed by atoms with Gasteiger partial charge in [0, 0.05) is 23.5 Å². The van der Waals surface area contributed by atoms with E-state index in [1.807, 2.05) is 59.5 Å². The molecule has 0 bridgehead atoms. The van der Waals surface area contributed by atoms with Crippen LogP contribution in [0.5, 0.6) is 0 Å². The zero-order valence-electron chi connectivity index (χ0n) is 19.5. The van der Waals surface area contributed by atoms with Crippen LogP contribution < -0.4 is 15.5 Å². The third kappa shape index (κ3) is 5.61. The van der Waals surface area contributed by atoms with E-state index in [2.05, 4.69) is 44.9 Å². The summed E-state index contributed by atoms with van der Waals surface area (Å²) in [6, 6.07) is 26.1. The predicted octanol–water partition coefficient (Wildman–Crippen LogP) is 5.43. The van der Waals surface area contributed by atoms with Crippen LogP contribution in [0.4, 0.5) is 11.5 Å². The maximum Gasteiger partial charge on any atom is 0.230 e. The molecule has 1 saturated heterocycles. The lowest BCUT2D eigenvalue weighted by Crippen LogP contribution is -2.40. The second-order valence-electron chi connectivity index (χ2n) is 8.81. The summed E-state index contributed by atoms with van der Waals surface area (Å²) in [6.07, 6.45) is 1.75. The van der Waals surface area contributed by atoms with Gasteiger partial charge in [-0.3, -0.25) is 4.79 Å². The molecule has 1 fully saturated rings. The van der Waals surface area contributed by atoms with Gasteiger partial charge in [0.25, 0.3) is 0 Å². The average Bonchev–Trinajstić information content (AvgIpc) is 2.91. The topological polar surface area (TPSA) is 70.2 Å². The monoisotopic (exact) mass is 485 g/mol. The van der Waals surface area contributed by atoms with E-state index < -0.39 is 0 Å². The fraction of sp³-hybridized carbons (Fsp3) is 0.250. The maximum absolute atomic E-state index is 13.5. The number of nitrogens with zero attached hydrogens (tertiary/aromatic N) is 3. The van der Waals surface area contributed by atoms with Gasteiger partial charge in [0.15, 0.2) is 0 Å². The molecule has 1 aliphatic heterocycles. The van der Waals surface area contributed by atoms with E-state index >= 15 is 0 Å². The van der Waals surface area contributed by atoms with Crippen LogP contribution in [0, 0.1) is 5.92 Å². The van der Waals surface area contributed by atoms with Crippen LogP contribution in [-0.2, 0) is 17.9 Å². The van der Waals surface area contributed by atoms with Crippen LogP contribution in [0.1, 0.15) is 24.0 Å². The summed E-state index contributed by atoms with van der Waals surface area (Å²) in [5.41, 5.74) is 3.92. The summed E-state index contributed by atoms with van der Waals surface area (Å²) < 4.78 is 0. The first kappa shape index (κ1) is 23.3. The van der Waals surface area contributed by atoms with E-state index in [1.165, 1.54) is 0 Å². The number of hydrogen-bond acceptors (Lipinski definition) is 5. The lowest BCUT2D eigenvalue weighted by atomic mass is 9.96. The van der Waals surface area contributed by atoms with E-state index in [-0.39, 0.29) is 17.1 Å². The fourth-order valence-electron chi connectivity index (χ4n) is 4.51. The highest BCUT2D eigenvalue weighted by atomic mass is 35.5. The molecule has 1 aromatic heterocycles. The van der Waals surface area contributed by atoms with Crippen molar-refractivity contribution < 1.29 is 4.79 Å². The highest BCUT2D eigenvalue weighted by Gasteiger charge is 2.27. The first-order valence-electron chi connectivity index (χ1n) is 12.0. The van der Waals surface area contributed by atoms with Crippen LogP contribution in [0.3, 0.4) is 0 Å². The summed E-state index contributed by atoms with van der Waals surface area (Å²) in [6.45, 7) is 2.93. The fourth-order valence-corrected chi connectivity index (χ4v) is 4.69. The number of nitrogens with one attached hydrogen (secondary N) is 2. The molecule has 0 atom stereocenters. The molecule has 0 aliphatic carbocycles. The van der Waals surface area contributed by atoms with Gasteiger partial charge in [0.1, 0.15) is 5.82 Å². The smallest absolute Gasteiger partial charge is 0.230 e. The Labute approximate surface area is 210 Å². The van der Waals surface area contributed by atoms with Gasteiger partial charge in [-0.2, -0.15) is 0 Å². The van der Waals surface area contributed by atoms with Crippen molar-refractivity contribution in [3.63, 3.8) is 0 Å². The Kier molecular flexibility index (Phi) is 7.21. The second-order valence-corrected chi connectivity index (χ2v) is 9.15. The van der Waals surface area contributed by atoms with Gasteiger partial charge in [0.2, 0.25) is 11.2 Å². The molecular weight excluding hydrogens is 458 g/mol. The molecule has 0 saturated carbocycles. The Balaban J connectivity index is 1.34. The number of carbonyl (C=O) groups excluding carboxylic acids is 1. The number of halogens is 1. The Bertz CT molecular complexity index is 1290. The predicted molar refractivity (Wildman–Crippen MR) is 142 cm³/mol. The van der Waals surface area contributed by atoms with Crippen molar-refractivity contribution in [1.82, 2.24) is 15.3 Å². The van der Waals surface area contributed by atoms with Gasteiger partial charge in [0.05, 0.1) is 12.1 Å². The normalized spacial score (nSPS) is 14.1. The van der Waals surface area contributed by atoms with E-state index in [9.17, 15) is 4.79 Å². The molecule has 4 aromatic rings. The van der Waals surface area contributed by atoms with Crippen LogP contribution in [0.15, 0.2) is 78.9 Å². The Morgan fingerprint density at radius 1 is 0.914 bits per heavy atom. The quantitative estimate of drug-likeness (QED) is 0.342. The van der Waals surface area contributed by atoms with Crippen molar-refractivity contribution in [3.05, 3.63) is 95.3 Å². The van der Waals surface area contributed by atoms with E-state index in [0.717, 1.165) is 53.6 Å². The molecule has 1 aliphatic rings. The molecule has 0 spiro atoms. The van der Waals surface area contributed by atoms with Gasteiger partial charge in [-0.05, 0) is 72.9 Å². The number of aromatic nitrogens is 2. The Hall–Kier alpha value is -3.48. The van der Waals surface area contributed by atoms with Crippen LogP contribution in [0.25, 0.3) is 10.9 Å². The lowest BCUT2D eigenvalue weighted by molar-refractivity contribution is -0.123. The number of anilines is 2. The van der Waals surface area contributed by atoms with Gasteiger partial charge in [-0.15, -0.1) is 0 Å². The number of carbonyl (C=O) groups is 1. The molecule has 35 heavy (non-hydrogen) atoms. The largest absolute Gasteiger partial charge is 0.365 e. The number of hydrogen-bond donors (Lipinski definition) is 2. The maximum atomic E-state index is 13.5. The first-order chi connectivity index (χ1) is 17.2. The van der Waals surface area contributed by atoms with Crippen molar-refractivity contribution in [2.75, 3.05) is 23.3 Å². The van der Waals surface area contributed by atoms with Gasteiger partial charge in [-0.1, -0.05) is 54.6 Å². The van der Waals surface area contributed by atoms with Gasteiger partial charge in [-0.25, -0.2) is 9.97 Å². The SMILES string of the molecule is O=C(C1CCNCC1)N(Cc1ccccc1)c1ccc(CNc2nc(Cl)nc3ccccc23)cc1. The molecule has 0 radical (unpaired) electrons. The summed E-state index contributed by atoms with van der Waals surface area (Å²) >= 11 is 6.12. The third-order valence-corrected chi connectivity index (χ3v) is 6.59. The molecule has 2 heterocycles. The standard InChI is InChI=1S/C28H28ClN5O/c29-28-32-25-9-5-4-8-24(25)26(33-28)31-18-20-10-12-23(13-11-20)34(19-21-6-2-1-3-7-21)27(35)22-14-16-30-17-15-22/h1-13,22,30H,14-19H2,(H,31,32,33). The van der Waals surface area contributed by atoms with Crippen LogP contribution in [-0.4, -0.2) is 29.0 Å². The number of piperidine rings is 1. The summed E-state index contributed by atoms with van der Waals surface area (Å²) in [5, 5.41) is 7.88. The minimum atomic E-state index is 0.0529. The van der Waals surface area contributed by atoms with Gasteiger partial charge < -0.3 is 15.5 Å². The number of benzene rings is 3. The second kappa shape index (κ2) is 10.8. The highest BCUT2D eigenvalue weighted by Crippen LogP contribution is 2.25. The minimum absolute atomic E-state index is 0.0529. The van der Waals surface area contributed by atoms with E-state index in [4.69, 9.17) is 11.6 Å². The molecule has 1 amide bonds. The van der Waals surface area contributed by atoms with Gasteiger partial charge >= 0.3 is 0 Å². The minimum Gasteiger partial charge on any atom is -0.365 e. The molecule has 5 rings (SSSR count). The number of amides is 1. The Morgan fingerprint density at radius 3 is 2.40 bits per heavy atom. The Morgan fingerprint density at radius 2 is 1.63 bits per heavy atom. The summed E-state index contributed by atoms with van der Waals surface area (Å²) in [7, 11) is 0. The molecule has 3 aromatic carbocycles. The van der Waals surface area contributed by atoms with Crippen molar-refractivity contribution in [2.45, 2.75) is 25.9 Å². The molecule has 6 nitrogen and oxygen atoms in total. The summed E-state index contributed by atoms with van der Waals surface area (Å²) in [5.74, 6) is 0.955.